The van der Waals surface area contributed by atoms with E-state index in [1.54, 1.807) is 17.0 Å². The minimum absolute atomic E-state index is 0.123. The minimum atomic E-state index is -0.668. The first-order valence-corrected chi connectivity index (χ1v) is 7.83. The molecule has 2 aromatic carbocycles. The molecule has 0 N–H and O–H groups in total. The van der Waals surface area contributed by atoms with Crippen molar-refractivity contribution >= 4 is 40.8 Å². The van der Waals surface area contributed by atoms with Gasteiger partial charge < -0.3 is 9.64 Å². The van der Waals surface area contributed by atoms with Crippen molar-refractivity contribution < 1.29 is 14.3 Å². The fraction of sp³-hybridized carbons (Fsp3) is 0.176. The molecule has 0 fully saturated rings. The van der Waals surface area contributed by atoms with Gasteiger partial charge in [-0.2, -0.15) is 0 Å². The number of nitrogens with zero attached hydrogens (tertiary/aromatic N) is 1. The summed E-state index contributed by atoms with van der Waals surface area (Å²) in [5.74, 6) is -0.931. The molecule has 0 atom stereocenters. The maximum absolute atomic E-state index is 12.3. The van der Waals surface area contributed by atoms with E-state index in [1.807, 2.05) is 24.3 Å². The Morgan fingerprint density at radius 1 is 1.09 bits per heavy atom. The monoisotopic (exact) mass is 349 g/mol. The van der Waals surface area contributed by atoms with Gasteiger partial charge in [-0.25, -0.2) is 4.79 Å². The number of para-hydroxylation sites is 1. The summed E-state index contributed by atoms with van der Waals surface area (Å²) in [6.45, 7) is 0.254. The fourth-order valence-electron chi connectivity index (χ4n) is 2.54. The van der Waals surface area contributed by atoms with Gasteiger partial charge in [0.05, 0.1) is 15.6 Å². The Morgan fingerprint density at radius 2 is 1.87 bits per heavy atom. The molecule has 0 aromatic heterocycles. The molecule has 4 nitrogen and oxygen atoms in total. The summed E-state index contributed by atoms with van der Waals surface area (Å²) >= 11 is 11.8. The Hall–Kier alpha value is -2.04. The second-order valence-electron chi connectivity index (χ2n) is 5.10. The van der Waals surface area contributed by atoms with Crippen LogP contribution < -0.4 is 4.90 Å². The van der Waals surface area contributed by atoms with Gasteiger partial charge in [0.25, 0.3) is 5.91 Å². The lowest BCUT2D eigenvalue weighted by Crippen LogP contribution is -2.33. The third-order valence-electron chi connectivity index (χ3n) is 3.69. The van der Waals surface area contributed by atoms with Crippen LogP contribution in [0.1, 0.15) is 15.9 Å². The van der Waals surface area contributed by atoms with Crippen LogP contribution in [-0.4, -0.2) is 25.0 Å². The smallest absolute Gasteiger partial charge is 0.340 e. The van der Waals surface area contributed by atoms with Crippen LogP contribution in [0.3, 0.4) is 0 Å². The Kier molecular flexibility index (Phi) is 4.55. The van der Waals surface area contributed by atoms with Crippen LogP contribution in [0.25, 0.3) is 0 Å². The van der Waals surface area contributed by atoms with Gasteiger partial charge in [0.2, 0.25) is 0 Å². The highest BCUT2D eigenvalue weighted by atomic mass is 35.5. The van der Waals surface area contributed by atoms with Gasteiger partial charge in [-0.3, -0.25) is 4.79 Å². The number of esters is 1. The number of carbonyl (C=O) groups excluding carboxylic acids is 2. The number of carbonyl (C=O) groups is 2. The van der Waals surface area contributed by atoms with Crippen LogP contribution >= 0.6 is 23.2 Å². The first-order chi connectivity index (χ1) is 11.1. The average molecular weight is 350 g/mol. The van der Waals surface area contributed by atoms with Crippen molar-refractivity contribution in [3.63, 3.8) is 0 Å². The minimum Gasteiger partial charge on any atom is -0.452 e. The van der Waals surface area contributed by atoms with E-state index in [9.17, 15) is 9.59 Å². The molecule has 1 heterocycles. The first kappa shape index (κ1) is 15.8. The fourth-order valence-corrected chi connectivity index (χ4v) is 2.92. The Labute approximate surface area is 143 Å². The van der Waals surface area contributed by atoms with E-state index >= 15 is 0 Å². The number of benzene rings is 2. The standard InChI is InChI=1S/C17H13Cl2NO3/c18-13-6-3-5-12(16(13)19)17(22)23-10-15(21)20-9-8-11-4-1-2-7-14(11)20/h1-7H,8-10H2. The summed E-state index contributed by atoms with van der Waals surface area (Å²) in [6, 6.07) is 12.4. The lowest BCUT2D eigenvalue weighted by molar-refractivity contribution is -0.121. The van der Waals surface area contributed by atoms with Gasteiger partial charge in [-0.15, -0.1) is 0 Å². The van der Waals surface area contributed by atoms with Crippen LogP contribution in [0.2, 0.25) is 10.0 Å². The molecule has 0 unspecified atom stereocenters. The number of hydrogen-bond acceptors (Lipinski definition) is 3. The molecule has 3 rings (SSSR count). The highest BCUT2D eigenvalue weighted by molar-refractivity contribution is 6.43. The molecular weight excluding hydrogens is 337 g/mol. The lowest BCUT2D eigenvalue weighted by atomic mass is 10.2. The third-order valence-corrected chi connectivity index (χ3v) is 4.51. The van der Waals surface area contributed by atoms with Crippen molar-refractivity contribution in [2.24, 2.45) is 0 Å². The number of fused-ring (bicyclic) bond motifs is 1. The molecule has 1 amide bonds. The zero-order valence-electron chi connectivity index (χ0n) is 12.1. The van der Waals surface area contributed by atoms with Crippen molar-refractivity contribution in [2.75, 3.05) is 18.1 Å². The molecule has 118 valence electrons. The zero-order chi connectivity index (χ0) is 16.4. The van der Waals surface area contributed by atoms with Crippen molar-refractivity contribution in [1.29, 1.82) is 0 Å². The van der Waals surface area contributed by atoms with Crippen LogP contribution in [0.4, 0.5) is 5.69 Å². The second kappa shape index (κ2) is 6.60. The molecule has 0 radical (unpaired) electrons. The predicted octanol–water partition coefficient (Wildman–Crippen LogP) is 3.74. The number of rotatable bonds is 3. The van der Waals surface area contributed by atoms with Crippen molar-refractivity contribution in [3.8, 4) is 0 Å². The van der Waals surface area contributed by atoms with Crippen LogP contribution in [0.15, 0.2) is 42.5 Å². The number of amides is 1. The van der Waals surface area contributed by atoms with E-state index in [0.29, 0.717) is 6.54 Å². The predicted molar refractivity (Wildman–Crippen MR) is 89.2 cm³/mol. The number of hydrogen-bond donors (Lipinski definition) is 0. The molecule has 6 heteroatoms. The Morgan fingerprint density at radius 3 is 2.70 bits per heavy atom. The summed E-state index contributed by atoms with van der Waals surface area (Å²) in [5, 5.41) is 0.388. The number of halogens is 2. The normalized spacial score (nSPS) is 12.9. The highest BCUT2D eigenvalue weighted by Crippen LogP contribution is 2.28. The van der Waals surface area contributed by atoms with Crippen molar-refractivity contribution in [2.45, 2.75) is 6.42 Å². The quantitative estimate of drug-likeness (QED) is 0.793. The number of ether oxygens (including phenoxy) is 1. The van der Waals surface area contributed by atoms with E-state index in [-0.39, 0.29) is 28.1 Å². The van der Waals surface area contributed by atoms with Crippen molar-refractivity contribution in [3.05, 3.63) is 63.6 Å². The summed E-state index contributed by atoms with van der Waals surface area (Å²) in [7, 11) is 0. The number of anilines is 1. The maximum Gasteiger partial charge on any atom is 0.340 e. The molecule has 0 bridgehead atoms. The average Bonchev–Trinajstić information content (AvgIpc) is 2.99. The topological polar surface area (TPSA) is 46.6 Å². The molecule has 0 saturated carbocycles. The van der Waals surface area contributed by atoms with Crippen molar-refractivity contribution in [1.82, 2.24) is 0 Å². The second-order valence-corrected chi connectivity index (χ2v) is 5.89. The Balaban J connectivity index is 1.66. The maximum atomic E-state index is 12.3. The van der Waals surface area contributed by atoms with Gasteiger partial charge in [0.1, 0.15) is 0 Å². The van der Waals surface area contributed by atoms with Gasteiger partial charge in [0.15, 0.2) is 6.61 Å². The Bertz CT molecular complexity index is 776. The van der Waals surface area contributed by atoms with Crippen LogP contribution in [0, 0.1) is 0 Å². The third kappa shape index (κ3) is 3.19. The van der Waals surface area contributed by atoms with E-state index in [4.69, 9.17) is 27.9 Å². The molecule has 0 spiro atoms. The molecule has 1 aliphatic rings. The molecular formula is C17H13Cl2NO3. The molecule has 1 aliphatic heterocycles. The van der Waals surface area contributed by atoms with E-state index in [1.165, 1.54) is 6.07 Å². The van der Waals surface area contributed by atoms with Crippen LogP contribution in [0.5, 0.6) is 0 Å². The first-order valence-electron chi connectivity index (χ1n) is 7.07. The van der Waals surface area contributed by atoms with Gasteiger partial charge in [-0.1, -0.05) is 47.5 Å². The largest absolute Gasteiger partial charge is 0.452 e. The SMILES string of the molecule is O=C(OCC(=O)N1CCc2ccccc21)c1cccc(Cl)c1Cl. The highest BCUT2D eigenvalue weighted by Gasteiger charge is 2.25. The summed E-state index contributed by atoms with van der Waals surface area (Å²) in [4.78, 5) is 26.0. The molecule has 0 saturated heterocycles. The van der Waals surface area contributed by atoms with E-state index in [2.05, 4.69) is 0 Å². The summed E-state index contributed by atoms with van der Waals surface area (Å²) in [5.41, 5.74) is 2.13. The van der Waals surface area contributed by atoms with E-state index < -0.39 is 5.97 Å². The zero-order valence-corrected chi connectivity index (χ0v) is 13.6. The molecule has 23 heavy (non-hydrogen) atoms. The molecule has 0 aliphatic carbocycles. The molecule has 2 aromatic rings. The van der Waals surface area contributed by atoms with Gasteiger partial charge >= 0.3 is 5.97 Å². The van der Waals surface area contributed by atoms with E-state index in [0.717, 1.165) is 17.7 Å². The summed E-state index contributed by atoms with van der Waals surface area (Å²) in [6.07, 6.45) is 0.802. The lowest BCUT2D eigenvalue weighted by Gasteiger charge is -2.17. The summed E-state index contributed by atoms with van der Waals surface area (Å²) < 4.78 is 5.08. The van der Waals surface area contributed by atoms with Crippen LogP contribution in [-0.2, 0) is 16.0 Å². The van der Waals surface area contributed by atoms with Gasteiger partial charge in [-0.05, 0) is 30.2 Å². The van der Waals surface area contributed by atoms with Gasteiger partial charge in [0, 0.05) is 12.2 Å².